The van der Waals surface area contributed by atoms with Crippen molar-refractivity contribution >= 4 is 6.03 Å². The first-order valence-electron chi connectivity index (χ1n) is 7.55. The molecule has 0 atom stereocenters. The Morgan fingerprint density at radius 1 is 1.09 bits per heavy atom. The molecule has 22 heavy (non-hydrogen) atoms. The Kier molecular flexibility index (Phi) is 4.37. The van der Waals surface area contributed by atoms with Gasteiger partial charge in [0, 0.05) is 19.1 Å². The van der Waals surface area contributed by atoms with E-state index in [1.807, 2.05) is 41.3 Å². The highest BCUT2D eigenvalue weighted by Crippen LogP contribution is 2.28. The smallest absolute Gasteiger partial charge is 0.318 e. The molecule has 2 aromatic carbocycles. The van der Waals surface area contributed by atoms with Gasteiger partial charge in [0.15, 0.2) is 0 Å². The lowest BCUT2D eigenvalue weighted by Crippen LogP contribution is -2.40. The Bertz CT molecular complexity index is 641. The van der Waals surface area contributed by atoms with Crippen molar-refractivity contribution in [3.63, 3.8) is 0 Å². The maximum absolute atomic E-state index is 13.2. The summed E-state index contributed by atoms with van der Waals surface area (Å²) >= 11 is 0. The molecule has 0 radical (unpaired) electrons. The molecule has 0 heterocycles. The minimum Gasteiger partial charge on any atom is -0.334 e. The highest BCUT2D eigenvalue weighted by atomic mass is 19.1. The van der Waals surface area contributed by atoms with E-state index in [2.05, 4.69) is 5.32 Å². The molecule has 0 bridgehead atoms. The number of nitrogens with zero attached hydrogens (tertiary/aromatic N) is 1. The highest BCUT2D eigenvalue weighted by Gasteiger charge is 2.32. The molecular weight excluding hydrogens is 279 g/mol. The Morgan fingerprint density at radius 3 is 2.50 bits per heavy atom. The second kappa shape index (κ2) is 6.60. The molecule has 2 amide bonds. The molecule has 1 saturated carbocycles. The SMILES string of the molecule is O=C(NCc1cccc(F)c1)N(Cc1ccccc1)C1CC1. The zero-order valence-electron chi connectivity index (χ0n) is 12.3. The van der Waals surface area contributed by atoms with Gasteiger partial charge in [-0.3, -0.25) is 0 Å². The van der Waals surface area contributed by atoms with Crippen molar-refractivity contribution in [3.8, 4) is 0 Å². The van der Waals surface area contributed by atoms with Crippen LogP contribution in [0.5, 0.6) is 0 Å². The van der Waals surface area contributed by atoms with Gasteiger partial charge in [0.1, 0.15) is 5.82 Å². The van der Waals surface area contributed by atoms with Gasteiger partial charge in [-0.15, -0.1) is 0 Å². The molecule has 0 saturated heterocycles. The summed E-state index contributed by atoms with van der Waals surface area (Å²) in [6.45, 7) is 0.953. The maximum atomic E-state index is 13.2. The Hall–Kier alpha value is -2.36. The summed E-state index contributed by atoms with van der Waals surface area (Å²) in [7, 11) is 0. The number of halogens is 1. The van der Waals surface area contributed by atoms with Crippen LogP contribution in [0.4, 0.5) is 9.18 Å². The van der Waals surface area contributed by atoms with Crippen molar-refractivity contribution in [3.05, 3.63) is 71.5 Å². The Balaban J connectivity index is 1.61. The lowest BCUT2D eigenvalue weighted by Gasteiger charge is -2.23. The molecule has 0 spiro atoms. The van der Waals surface area contributed by atoms with E-state index < -0.39 is 0 Å². The predicted octanol–water partition coefficient (Wildman–Crippen LogP) is 3.70. The fraction of sp³-hybridized carbons (Fsp3) is 0.278. The zero-order valence-corrected chi connectivity index (χ0v) is 12.3. The second-order valence-electron chi connectivity index (χ2n) is 5.63. The maximum Gasteiger partial charge on any atom is 0.318 e. The van der Waals surface area contributed by atoms with Gasteiger partial charge in [-0.2, -0.15) is 0 Å². The number of benzene rings is 2. The summed E-state index contributed by atoms with van der Waals surface area (Å²) < 4.78 is 13.2. The van der Waals surface area contributed by atoms with Gasteiger partial charge in [0.25, 0.3) is 0 Å². The Labute approximate surface area is 129 Å². The fourth-order valence-electron chi connectivity index (χ4n) is 2.46. The van der Waals surface area contributed by atoms with E-state index in [1.54, 1.807) is 6.07 Å². The van der Waals surface area contributed by atoms with Crippen LogP contribution in [-0.4, -0.2) is 17.0 Å². The van der Waals surface area contributed by atoms with Gasteiger partial charge < -0.3 is 10.2 Å². The first-order chi connectivity index (χ1) is 10.7. The number of hydrogen-bond acceptors (Lipinski definition) is 1. The molecule has 0 aliphatic heterocycles. The molecule has 3 rings (SSSR count). The summed E-state index contributed by atoms with van der Waals surface area (Å²) in [6, 6.07) is 16.5. The van der Waals surface area contributed by atoms with Crippen LogP contribution in [0.25, 0.3) is 0 Å². The van der Waals surface area contributed by atoms with Crippen LogP contribution < -0.4 is 5.32 Å². The zero-order chi connectivity index (χ0) is 15.4. The van der Waals surface area contributed by atoms with E-state index in [4.69, 9.17) is 0 Å². The van der Waals surface area contributed by atoms with E-state index >= 15 is 0 Å². The number of hydrogen-bond donors (Lipinski definition) is 1. The van der Waals surface area contributed by atoms with Crippen LogP contribution in [0.15, 0.2) is 54.6 Å². The fourth-order valence-corrected chi connectivity index (χ4v) is 2.46. The molecule has 1 aliphatic carbocycles. The van der Waals surface area contributed by atoms with Crippen LogP contribution in [0.2, 0.25) is 0 Å². The van der Waals surface area contributed by atoms with Crippen molar-refractivity contribution in [1.29, 1.82) is 0 Å². The van der Waals surface area contributed by atoms with Crippen molar-refractivity contribution in [2.75, 3.05) is 0 Å². The van der Waals surface area contributed by atoms with Gasteiger partial charge in [0.05, 0.1) is 0 Å². The van der Waals surface area contributed by atoms with Gasteiger partial charge >= 0.3 is 6.03 Å². The lowest BCUT2D eigenvalue weighted by molar-refractivity contribution is 0.191. The summed E-state index contributed by atoms with van der Waals surface area (Å²) in [5, 5.41) is 2.89. The molecule has 2 aromatic rings. The normalized spacial score (nSPS) is 13.7. The average Bonchev–Trinajstić information content (AvgIpc) is 3.36. The van der Waals surface area contributed by atoms with Crippen molar-refractivity contribution in [2.45, 2.75) is 32.0 Å². The van der Waals surface area contributed by atoms with E-state index in [0.717, 1.165) is 24.0 Å². The number of carbonyl (C=O) groups excluding carboxylic acids is 1. The van der Waals surface area contributed by atoms with Gasteiger partial charge in [-0.1, -0.05) is 42.5 Å². The molecule has 0 unspecified atom stereocenters. The molecule has 1 fully saturated rings. The van der Waals surface area contributed by atoms with Crippen LogP contribution >= 0.6 is 0 Å². The number of carbonyl (C=O) groups is 1. The molecule has 3 nitrogen and oxygen atoms in total. The second-order valence-corrected chi connectivity index (χ2v) is 5.63. The van der Waals surface area contributed by atoms with Crippen LogP contribution in [0.3, 0.4) is 0 Å². The number of rotatable bonds is 5. The van der Waals surface area contributed by atoms with Crippen molar-refractivity contribution in [2.24, 2.45) is 0 Å². The quantitative estimate of drug-likeness (QED) is 0.897. The molecular formula is C18H19FN2O. The minimum absolute atomic E-state index is 0.0874. The lowest BCUT2D eigenvalue weighted by atomic mass is 10.2. The number of nitrogens with one attached hydrogen (secondary N) is 1. The van der Waals surface area contributed by atoms with Gasteiger partial charge in [-0.05, 0) is 36.1 Å². The van der Waals surface area contributed by atoms with Crippen molar-refractivity contribution < 1.29 is 9.18 Å². The predicted molar refractivity (Wildman–Crippen MR) is 83.6 cm³/mol. The molecule has 1 aliphatic rings. The van der Waals surface area contributed by atoms with E-state index in [-0.39, 0.29) is 11.8 Å². The molecule has 4 heteroatoms. The first kappa shape index (κ1) is 14.6. The third-order valence-electron chi connectivity index (χ3n) is 3.78. The standard InChI is InChI=1S/C18H19FN2O/c19-16-8-4-7-15(11-16)12-20-18(22)21(17-9-10-17)13-14-5-2-1-3-6-14/h1-8,11,17H,9-10,12-13H2,(H,20,22). The van der Waals surface area contributed by atoms with Gasteiger partial charge in [0.2, 0.25) is 0 Å². The van der Waals surface area contributed by atoms with Crippen LogP contribution in [0, 0.1) is 5.82 Å². The average molecular weight is 298 g/mol. The molecule has 1 N–H and O–H groups in total. The highest BCUT2D eigenvalue weighted by molar-refractivity contribution is 5.75. The monoisotopic (exact) mass is 298 g/mol. The molecule has 114 valence electrons. The molecule has 0 aromatic heterocycles. The third kappa shape index (κ3) is 3.85. The topological polar surface area (TPSA) is 32.3 Å². The number of amides is 2. The summed E-state index contributed by atoms with van der Waals surface area (Å²) in [5.74, 6) is -0.282. The van der Waals surface area contributed by atoms with E-state index in [0.29, 0.717) is 19.1 Å². The minimum atomic E-state index is -0.282. The summed E-state index contributed by atoms with van der Waals surface area (Å²) in [6.07, 6.45) is 2.11. The first-order valence-corrected chi connectivity index (χ1v) is 7.55. The summed E-state index contributed by atoms with van der Waals surface area (Å²) in [4.78, 5) is 14.3. The largest absolute Gasteiger partial charge is 0.334 e. The van der Waals surface area contributed by atoms with Crippen molar-refractivity contribution in [1.82, 2.24) is 10.2 Å². The van der Waals surface area contributed by atoms with Crippen LogP contribution in [-0.2, 0) is 13.1 Å². The third-order valence-corrected chi connectivity index (χ3v) is 3.78. The van der Waals surface area contributed by atoms with E-state index in [9.17, 15) is 9.18 Å². The number of urea groups is 1. The Morgan fingerprint density at radius 2 is 1.82 bits per heavy atom. The van der Waals surface area contributed by atoms with E-state index in [1.165, 1.54) is 12.1 Å². The summed E-state index contributed by atoms with van der Waals surface area (Å²) in [5.41, 5.74) is 1.89. The van der Waals surface area contributed by atoms with Gasteiger partial charge in [-0.25, -0.2) is 9.18 Å². The van der Waals surface area contributed by atoms with Crippen LogP contribution in [0.1, 0.15) is 24.0 Å².